The summed E-state index contributed by atoms with van der Waals surface area (Å²) in [5.41, 5.74) is 5.80. The summed E-state index contributed by atoms with van der Waals surface area (Å²) in [6.07, 6.45) is 11.9. The summed E-state index contributed by atoms with van der Waals surface area (Å²) >= 11 is 7.46. The predicted molar refractivity (Wildman–Crippen MR) is 86.1 cm³/mol. The van der Waals surface area contributed by atoms with Crippen molar-refractivity contribution in [1.29, 1.82) is 0 Å². The zero-order chi connectivity index (χ0) is 12.5. The number of fused-ring (bicyclic) bond motifs is 2. The summed E-state index contributed by atoms with van der Waals surface area (Å²) in [7, 11) is 0. The van der Waals surface area contributed by atoms with Gasteiger partial charge in [-0.1, -0.05) is 50.1 Å². The molecule has 0 nitrogen and oxygen atoms in total. The van der Waals surface area contributed by atoms with Gasteiger partial charge < -0.3 is 0 Å². The Balaban J connectivity index is 2.18. The molecule has 1 aromatic rings. The molecule has 94 valence electrons. The van der Waals surface area contributed by atoms with Gasteiger partial charge in [0.1, 0.15) is 0 Å². The zero-order valence-electron chi connectivity index (χ0n) is 10.3. The van der Waals surface area contributed by atoms with Crippen molar-refractivity contribution in [3.63, 3.8) is 0 Å². The second-order valence-electron chi connectivity index (χ2n) is 5.06. The molecule has 0 amide bonds. The third-order valence-electron chi connectivity index (χ3n) is 3.79. The number of allylic oxidation sites excluding steroid dienone is 2. The van der Waals surface area contributed by atoms with E-state index in [0.717, 1.165) is 0 Å². The van der Waals surface area contributed by atoms with Crippen LogP contribution < -0.4 is 0 Å². The molecule has 0 fully saturated rings. The lowest BCUT2D eigenvalue weighted by atomic mass is 9.95. The first-order valence-electron chi connectivity index (χ1n) is 6.63. The predicted octanol–water partition coefficient (Wildman–Crippen LogP) is 5.83. The van der Waals surface area contributed by atoms with Crippen LogP contribution in [0.3, 0.4) is 0 Å². The van der Waals surface area contributed by atoms with Gasteiger partial charge >= 0.3 is 0 Å². The smallest absolute Gasteiger partial charge is 0.0210 e. The summed E-state index contributed by atoms with van der Waals surface area (Å²) < 4.78 is 2.53. The van der Waals surface area contributed by atoms with E-state index >= 15 is 0 Å². The second kappa shape index (κ2) is 5.34. The molecule has 0 N–H and O–H groups in total. The Kier molecular flexibility index (Phi) is 3.76. The minimum absolute atomic E-state index is 1.18. The number of hydrogen-bond acceptors (Lipinski definition) is 0. The van der Waals surface area contributed by atoms with Crippen molar-refractivity contribution < 1.29 is 0 Å². The molecule has 1 aromatic carbocycles. The highest BCUT2D eigenvalue weighted by Crippen LogP contribution is 2.37. The summed E-state index contributed by atoms with van der Waals surface area (Å²) in [5, 5.41) is 0. The van der Waals surface area contributed by atoms with Gasteiger partial charge in [0.2, 0.25) is 0 Å². The van der Waals surface area contributed by atoms with E-state index in [1.165, 1.54) is 69.7 Å². The molecule has 0 atom stereocenters. The summed E-state index contributed by atoms with van der Waals surface area (Å²) in [6.45, 7) is 0. The van der Waals surface area contributed by atoms with Crippen LogP contribution in [-0.2, 0) is 12.8 Å². The van der Waals surface area contributed by atoms with Crippen molar-refractivity contribution in [2.75, 3.05) is 0 Å². The van der Waals surface area contributed by atoms with E-state index in [9.17, 15) is 0 Å². The fourth-order valence-corrected chi connectivity index (χ4v) is 4.01. The molecular weight excluding hydrogens is 352 g/mol. The zero-order valence-corrected chi connectivity index (χ0v) is 13.5. The fourth-order valence-electron chi connectivity index (χ4n) is 2.82. The van der Waals surface area contributed by atoms with E-state index in [0.29, 0.717) is 0 Å². The second-order valence-corrected chi connectivity index (χ2v) is 6.76. The van der Waals surface area contributed by atoms with Crippen LogP contribution in [0.1, 0.15) is 47.9 Å². The Bertz CT molecular complexity index is 493. The van der Waals surface area contributed by atoms with Crippen LogP contribution in [0.4, 0.5) is 0 Å². The Morgan fingerprint density at radius 1 is 0.722 bits per heavy atom. The lowest BCUT2D eigenvalue weighted by Gasteiger charge is -2.13. The molecule has 0 saturated heterocycles. The highest BCUT2D eigenvalue weighted by atomic mass is 79.9. The monoisotopic (exact) mass is 366 g/mol. The maximum absolute atomic E-state index is 3.73. The lowest BCUT2D eigenvalue weighted by Crippen LogP contribution is -1.97. The van der Waals surface area contributed by atoms with Crippen molar-refractivity contribution in [2.24, 2.45) is 0 Å². The van der Waals surface area contributed by atoms with E-state index in [1.54, 1.807) is 0 Å². The molecule has 0 heterocycles. The number of aryl methyl sites for hydroxylation is 2. The van der Waals surface area contributed by atoms with Gasteiger partial charge in [-0.3, -0.25) is 0 Å². The number of hydrogen-bond donors (Lipinski definition) is 0. The molecule has 0 bridgehead atoms. The minimum Gasteiger partial charge on any atom is -0.0696 e. The number of benzene rings is 1. The Morgan fingerprint density at radius 2 is 1.22 bits per heavy atom. The SMILES string of the molecule is BrC1=CCCCc2cc3c(cc21)C(Br)=CCCC3. The summed E-state index contributed by atoms with van der Waals surface area (Å²) in [5.74, 6) is 0. The first kappa shape index (κ1) is 12.7. The van der Waals surface area contributed by atoms with Gasteiger partial charge in [0, 0.05) is 8.96 Å². The molecule has 18 heavy (non-hydrogen) atoms. The minimum atomic E-state index is 1.18. The van der Waals surface area contributed by atoms with Crippen molar-refractivity contribution in [1.82, 2.24) is 0 Å². The van der Waals surface area contributed by atoms with Crippen LogP contribution in [0, 0.1) is 0 Å². The standard InChI is InChI=1S/C16H16Br2/c17-15-7-3-1-5-11-9-12-6-2-4-8-16(18)14(12)10-13(11)15/h7-10H,1-6H2. The Morgan fingerprint density at radius 3 is 1.72 bits per heavy atom. The lowest BCUT2D eigenvalue weighted by molar-refractivity contribution is 0.833. The van der Waals surface area contributed by atoms with Gasteiger partial charge in [0.05, 0.1) is 0 Å². The molecule has 0 spiro atoms. The highest BCUT2D eigenvalue weighted by Gasteiger charge is 2.16. The average Bonchev–Trinajstić information content (AvgIpc) is 2.65. The number of halogens is 2. The maximum Gasteiger partial charge on any atom is 0.0210 e. The Hall–Kier alpha value is -0.340. The molecule has 2 heteroatoms. The van der Waals surface area contributed by atoms with Crippen molar-refractivity contribution in [2.45, 2.75) is 38.5 Å². The Labute approximate surface area is 125 Å². The maximum atomic E-state index is 3.73. The molecule has 0 aromatic heterocycles. The molecule has 0 radical (unpaired) electrons. The molecule has 2 aliphatic carbocycles. The molecule has 2 aliphatic rings. The van der Waals surface area contributed by atoms with E-state index < -0.39 is 0 Å². The highest BCUT2D eigenvalue weighted by molar-refractivity contribution is 9.15. The van der Waals surface area contributed by atoms with Crippen molar-refractivity contribution in [3.8, 4) is 0 Å². The van der Waals surface area contributed by atoms with Crippen LogP contribution in [0.5, 0.6) is 0 Å². The van der Waals surface area contributed by atoms with Gasteiger partial charge in [-0.15, -0.1) is 0 Å². The average molecular weight is 368 g/mol. The number of rotatable bonds is 0. The van der Waals surface area contributed by atoms with Crippen LogP contribution >= 0.6 is 31.9 Å². The molecule has 0 unspecified atom stereocenters. The summed E-state index contributed by atoms with van der Waals surface area (Å²) in [4.78, 5) is 0. The van der Waals surface area contributed by atoms with E-state index in [-0.39, 0.29) is 0 Å². The quantitative estimate of drug-likeness (QED) is 0.541. The van der Waals surface area contributed by atoms with Gasteiger partial charge in [-0.2, -0.15) is 0 Å². The summed E-state index contributed by atoms with van der Waals surface area (Å²) in [6, 6.07) is 4.80. The van der Waals surface area contributed by atoms with E-state index in [4.69, 9.17) is 0 Å². The van der Waals surface area contributed by atoms with Crippen LogP contribution in [0.2, 0.25) is 0 Å². The third-order valence-corrected chi connectivity index (χ3v) is 5.29. The molecule has 0 aliphatic heterocycles. The first-order valence-corrected chi connectivity index (χ1v) is 8.22. The van der Waals surface area contributed by atoms with Crippen molar-refractivity contribution >= 4 is 40.8 Å². The van der Waals surface area contributed by atoms with Gasteiger partial charge in [-0.25, -0.2) is 0 Å². The topological polar surface area (TPSA) is 0 Å². The van der Waals surface area contributed by atoms with Crippen LogP contribution in [-0.4, -0.2) is 0 Å². The van der Waals surface area contributed by atoms with Crippen LogP contribution in [0.25, 0.3) is 8.96 Å². The van der Waals surface area contributed by atoms with Gasteiger partial charge in [0.25, 0.3) is 0 Å². The fraction of sp³-hybridized carbons (Fsp3) is 0.375. The molecule has 0 saturated carbocycles. The van der Waals surface area contributed by atoms with Gasteiger partial charge in [-0.05, 0) is 66.8 Å². The molecule has 3 rings (SSSR count). The normalized spacial score (nSPS) is 19.0. The van der Waals surface area contributed by atoms with E-state index in [2.05, 4.69) is 56.1 Å². The first-order chi connectivity index (χ1) is 8.75. The van der Waals surface area contributed by atoms with Crippen LogP contribution in [0.15, 0.2) is 24.3 Å². The third kappa shape index (κ3) is 2.37. The molecular formula is C16H16Br2. The van der Waals surface area contributed by atoms with Crippen molar-refractivity contribution in [3.05, 3.63) is 46.5 Å². The van der Waals surface area contributed by atoms with Gasteiger partial charge in [0.15, 0.2) is 0 Å². The van der Waals surface area contributed by atoms with E-state index in [1.807, 2.05) is 0 Å². The largest absolute Gasteiger partial charge is 0.0696 e.